The number of carboxylic acid groups (broad SMARTS) is 1. The molecule has 2 aliphatic rings. The van der Waals surface area contributed by atoms with Crippen molar-refractivity contribution in [3.05, 3.63) is 53.6 Å². The Labute approximate surface area is 159 Å². The molecule has 2 aromatic rings. The Morgan fingerprint density at radius 2 is 1.89 bits per heavy atom. The number of amides is 2. The van der Waals surface area contributed by atoms with Gasteiger partial charge in [0.2, 0.25) is 5.91 Å². The van der Waals surface area contributed by atoms with Crippen LogP contribution in [0.2, 0.25) is 0 Å². The van der Waals surface area contributed by atoms with E-state index >= 15 is 0 Å². The number of carboxylic acids is 1. The quantitative estimate of drug-likeness (QED) is 0.688. The van der Waals surface area contributed by atoms with Gasteiger partial charge in [-0.2, -0.15) is 0 Å². The van der Waals surface area contributed by atoms with Crippen molar-refractivity contribution in [1.29, 1.82) is 0 Å². The number of hydrogen-bond donors (Lipinski definition) is 3. The summed E-state index contributed by atoms with van der Waals surface area (Å²) in [4.78, 5) is 40.6. The second-order valence-corrected chi connectivity index (χ2v) is 7.59. The van der Waals surface area contributed by atoms with Gasteiger partial charge in [-0.05, 0) is 36.5 Å². The van der Waals surface area contributed by atoms with Gasteiger partial charge in [0, 0.05) is 22.8 Å². The summed E-state index contributed by atoms with van der Waals surface area (Å²) in [6.07, 6.45) is 6.13. The molecule has 4 rings (SSSR count). The third-order valence-corrected chi connectivity index (χ3v) is 5.78. The highest BCUT2D eigenvalue weighted by Crippen LogP contribution is 2.48. The monoisotopic (exact) mass is 383 g/mol. The lowest BCUT2D eigenvalue weighted by Gasteiger charge is -2.23. The van der Waals surface area contributed by atoms with Crippen LogP contribution >= 0.6 is 11.3 Å². The minimum atomic E-state index is -0.941. The van der Waals surface area contributed by atoms with E-state index in [2.05, 4.69) is 15.6 Å². The second-order valence-electron chi connectivity index (χ2n) is 6.70. The molecule has 1 aromatic heterocycles. The zero-order valence-electron chi connectivity index (χ0n) is 14.2. The maximum Gasteiger partial charge on any atom is 0.307 e. The van der Waals surface area contributed by atoms with Gasteiger partial charge in [0.1, 0.15) is 0 Å². The Bertz CT molecular complexity index is 925. The topological polar surface area (TPSA) is 108 Å². The number of aromatic nitrogens is 1. The van der Waals surface area contributed by atoms with Crippen molar-refractivity contribution < 1.29 is 19.5 Å². The number of hydrogen-bond acceptors (Lipinski definition) is 5. The first-order chi connectivity index (χ1) is 13.0. The molecule has 1 saturated carbocycles. The summed E-state index contributed by atoms with van der Waals surface area (Å²) in [5.74, 6) is -3.01. The van der Waals surface area contributed by atoms with Gasteiger partial charge in [-0.3, -0.25) is 19.7 Å². The van der Waals surface area contributed by atoms with E-state index in [-0.39, 0.29) is 23.7 Å². The molecule has 3 N–H and O–H groups in total. The third-order valence-electron chi connectivity index (χ3n) is 5.09. The molecule has 0 spiro atoms. The van der Waals surface area contributed by atoms with E-state index in [0.717, 1.165) is 0 Å². The lowest BCUT2D eigenvalue weighted by molar-refractivity contribution is -0.146. The molecule has 1 aromatic carbocycles. The summed E-state index contributed by atoms with van der Waals surface area (Å²) < 4.78 is 0. The first kappa shape index (κ1) is 17.4. The van der Waals surface area contributed by atoms with Crippen molar-refractivity contribution >= 4 is 39.9 Å². The molecule has 0 aliphatic heterocycles. The Morgan fingerprint density at radius 1 is 1.11 bits per heavy atom. The molecule has 1 fully saturated rings. The average Bonchev–Trinajstić information content (AvgIpc) is 3.38. The molecular weight excluding hydrogens is 366 g/mol. The number of carbonyl (C=O) groups is 3. The van der Waals surface area contributed by atoms with Crippen LogP contribution in [0, 0.1) is 23.7 Å². The Kier molecular flexibility index (Phi) is 4.49. The maximum absolute atomic E-state index is 12.7. The first-order valence-electron chi connectivity index (χ1n) is 8.56. The van der Waals surface area contributed by atoms with Gasteiger partial charge < -0.3 is 10.4 Å². The standard InChI is InChI=1S/C19H17N3O4S/c23-16(22-19-20-6-7-27-19)12-2-1-3-13(9-12)21-17(24)14-10-4-5-11(8-10)15(14)18(25)26/h1-7,9-11,14-15H,8H2,(H,21,24)(H,25,26)(H,20,22,23). The fourth-order valence-corrected chi connectivity index (χ4v) is 4.46. The molecule has 7 nitrogen and oxygen atoms in total. The summed E-state index contributed by atoms with van der Waals surface area (Å²) in [6, 6.07) is 6.55. The van der Waals surface area contributed by atoms with E-state index < -0.39 is 17.8 Å². The average molecular weight is 383 g/mol. The maximum atomic E-state index is 12.7. The van der Waals surface area contributed by atoms with Crippen LogP contribution in [-0.4, -0.2) is 27.9 Å². The fourth-order valence-electron chi connectivity index (χ4n) is 3.93. The highest BCUT2D eigenvalue weighted by Gasteiger charge is 2.51. The molecule has 4 atom stereocenters. The van der Waals surface area contributed by atoms with Crippen molar-refractivity contribution in [2.24, 2.45) is 23.7 Å². The summed E-state index contributed by atoms with van der Waals surface area (Å²) in [6.45, 7) is 0. The number of aliphatic carboxylic acids is 1. The molecule has 0 saturated heterocycles. The number of fused-ring (bicyclic) bond motifs is 2. The van der Waals surface area contributed by atoms with Gasteiger partial charge >= 0.3 is 5.97 Å². The van der Waals surface area contributed by atoms with E-state index in [1.807, 2.05) is 12.2 Å². The molecule has 138 valence electrons. The number of nitrogens with one attached hydrogen (secondary N) is 2. The summed E-state index contributed by atoms with van der Waals surface area (Å²) in [5, 5.41) is 17.2. The lowest BCUT2D eigenvalue weighted by atomic mass is 9.82. The Hall–Kier alpha value is -3.00. The van der Waals surface area contributed by atoms with Crippen LogP contribution in [0.3, 0.4) is 0 Å². The van der Waals surface area contributed by atoms with E-state index in [4.69, 9.17) is 0 Å². The second kappa shape index (κ2) is 6.96. The van der Waals surface area contributed by atoms with Crippen LogP contribution < -0.4 is 10.6 Å². The molecule has 8 heteroatoms. The van der Waals surface area contributed by atoms with Gasteiger partial charge in [-0.1, -0.05) is 18.2 Å². The van der Waals surface area contributed by atoms with Crippen LogP contribution in [-0.2, 0) is 9.59 Å². The number of thiazole rings is 1. The number of nitrogens with zero attached hydrogens (tertiary/aromatic N) is 1. The SMILES string of the molecule is O=C(Nc1nccs1)c1cccc(NC(=O)C2C3C=CC(C3)C2C(=O)O)c1. The van der Waals surface area contributed by atoms with Gasteiger partial charge in [-0.25, -0.2) is 4.98 Å². The van der Waals surface area contributed by atoms with E-state index in [9.17, 15) is 19.5 Å². The summed E-state index contributed by atoms with van der Waals surface area (Å²) in [5.41, 5.74) is 0.841. The molecule has 1 heterocycles. The van der Waals surface area contributed by atoms with Gasteiger partial charge in [0.15, 0.2) is 5.13 Å². The molecule has 2 aliphatic carbocycles. The van der Waals surface area contributed by atoms with Gasteiger partial charge in [-0.15, -0.1) is 11.3 Å². The van der Waals surface area contributed by atoms with Crippen LogP contribution in [0.15, 0.2) is 48.0 Å². The lowest BCUT2D eigenvalue weighted by Crippen LogP contribution is -2.36. The molecule has 2 amide bonds. The van der Waals surface area contributed by atoms with Gasteiger partial charge in [0.05, 0.1) is 11.8 Å². The fraction of sp³-hybridized carbons (Fsp3) is 0.263. The Morgan fingerprint density at radius 3 is 2.59 bits per heavy atom. The Balaban J connectivity index is 1.48. The highest BCUT2D eigenvalue weighted by molar-refractivity contribution is 7.13. The van der Waals surface area contributed by atoms with Gasteiger partial charge in [0.25, 0.3) is 5.91 Å². The van der Waals surface area contributed by atoms with Crippen molar-refractivity contribution in [2.45, 2.75) is 6.42 Å². The molecular formula is C19H17N3O4S. The third kappa shape index (κ3) is 3.35. The number of anilines is 2. The van der Waals surface area contributed by atoms with E-state index in [1.165, 1.54) is 11.3 Å². The number of allylic oxidation sites excluding steroid dienone is 2. The van der Waals surface area contributed by atoms with Crippen LogP contribution in [0.4, 0.5) is 10.8 Å². The summed E-state index contributed by atoms with van der Waals surface area (Å²) in [7, 11) is 0. The molecule has 4 unspecified atom stereocenters. The van der Waals surface area contributed by atoms with E-state index in [0.29, 0.717) is 22.8 Å². The van der Waals surface area contributed by atoms with Crippen LogP contribution in [0.1, 0.15) is 16.8 Å². The van der Waals surface area contributed by atoms with E-state index in [1.54, 1.807) is 35.8 Å². The predicted molar refractivity (Wildman–Crippen MR) is 100 cm³/mol. The minimum absolute atomic E-state index is 0.0486. The zero-order chi connectivity index (χ0) is 19.0. The first-order valence-corrected chi connectivity index (χ1v) is 9.44. The number of benzene rings is 1. The molecule has 0 radical (unpaired) electrons. The number of carbonyl (C=O) groups excluding carboxylic acids is 2. The smallest absolute Gasteiger partial charge is 0.307 e. The minimum Gasteiger partial charge on any atom is -0.481 e. The number of rotatable bonds is 5. The predicted octanol–water partition coefficient (Wildman–Crippen LogP) is 2.86. The zero-order valence-corrected chi connectivity index (χ0v) is 15.0. The van der Waals surface area contributed by atoms with Crippen molar-refractivity contribution in [1.82, 2.24) is 4.98 Å². The highest BCUT2D eigenvalue weighted by atomic mass is 32.1. The molecule has 2 bridgehead atoms. The van der Waals surface area contributed by atoms with Crippen molar-refractivity contribution in [2.75, 3.05) is 10.6 Å². The largest absolute Gasteiger partial charge is 0.481 e. The molecule has 27 heavy (non-hydrogen) atoms. The normalized spacial score (nSPS) is 25.3. The van der Waals surface area contributed by atoms with Crippen molar-refractivity contribution in [3.8, 4) is 0 Å². The van der Waals surface area contributed by atoms with Crippen LogP contribution in [0.5, 0.6) is 0 Å². The van der Waals surface area contributed by atoms with Crippen LogP contribution in [0.25, 0.3) is 0 Å². The summed E-state index contributed by atoms with van der Waals surface area (Å²) >= 11 is 1.31. The van der Waals surface area contributed by atoms with Crippen molar-refractivity contribution in [3.63, 3.8) is 0 Å².